The van der Waals surface area contributed by atoms with E-state index in [1.54, 1.807) is 0 Å². The van der Waals surface area contributed by atoms with Crippen LogP contribution in [-0.2, 0) is 4.79 Å². The van der Waals surface area contributed by atoms with E-state index in [9.17, 15) is 35.1 Å². The largest absolute Gasteiger partial charge is 0.588 e. The van der Waals surface area contributed by atoms with Crippen LogP contribution in [0.4, 0.5) is 0 Å². The molecular weight excluding hydrogens is 370 g/mol. The van der Waals surface area contributed by atoms with Crippen LogP contribution < -0.4 is 0 Å². The van der Waals surface area contributed by atoms with E-state index in [-0.39, 0.29) is 6.42 Å². The van der Waals surface area contributed by atoms with Gasteiger partial charge in [-0.05, 0) is 19.3 Å². The zero-order valence-electron chi connectivity index (χ0n) is 16.3. The Balaban J connectivity index is 4.25. The number of nitrogens with zero attached hydrogens (tertiary/aromatic N) is 3. The van der Waals surface area contributed by atoms with Gasteiger partial charge in [-0.15, -0.1) is 11.8 Å². The van der Waals surface area contributed by atoms with Crippen LogP contribution in [0.5, 0.6) is 0 Å². The number of nitro groups is 3. The van der Waals surface area contributed by atoms with Crippen LogP contribution in [0.15, 0.2) is 0 Å². The van der Waals surface area contributed by atoms with Crippen LogP contribution in [0, 0.1) is 42.2 Å². The number of hydrogen-bond donors (Lipinski definition) is 0. The predicted molar refractivity (Wildman–Crippen MR) is 102 cm³/mol. The summed E-state index contributed by atoms with van der Waals surface area (Å²) in [7, 11) is 0. The first kappa shape index (κ1) is 25.4. The van der Waals surface area contributed by atoms with Gasteiger partial charge < -0.3 is 0 Å². The second-order valence-electron chi connectivity index (χ2n) is 6.61. The van der Waals surface area contributed by atoms with Gasteiger partial charge in [-0.2, -0.15) is 0 Å². The average Bonchev–Trinajstić information content (AvgIpc) is 2.63. The number of carbonyl (C=O) groups excluding carboxylic acids is 1. The van der Waals surface area contributed by atoms with Crippen LogP contribution in [0.1, 0.15) is 84.0 Å². The molecule has 0 aromatic heterocycles. The van der Waals surface area contributed by atoms with Gasteiger partial charge >= 0.3 is 18.0 Å². The van der Waals surface area contributed by atoms with Crippen molar-refractivity contribution in [2.45, 2.75) is 95.7 Å². The molecule has 10 heteroatoms. The maximum Gasteiger partial charge on any atom is 0.588 e. The van der Waals surface area contributed by atoms with Crippen LogP contribution in [0.3, 0.4) is 0 Å². The van der Waals surface area contributed by atoms with Gasteiger partial charge in [-0.25, -0.2) is 0 Å². The standard InChI is InChI=1S/C18H28N3O7/c1-2-3-4-5-6-7-8-9-10-11-12-13-14-15-17(19(23)24)18(16-22,20(25)26)21(27)28/h17H,2-8,11-15H2,1H3. The van der Waals surface area contributed by atoms with E-state index in [1.165, 1.54) is 32.1 Å². The molecule has 0 amide bonds. The summed E-state index contributed by atoms with van der Waals surface area (Å²) < 4.78 is 0. The summed E-state index contributed by atoms with van der Waals surface area (Å²) in [6.07, 6.45) is 10.1. The molecule has 157 valence electrons. The van der Waals surface area contributed by atoms with Crippen molar-refractivity contribution in [3.05, 3.63) is 30.3 Å². The van der Waals surface area contributed by atoms with Crippen molar-refractivity contribution in [3.63, 3.8) is 0 Å². The van der Waals surface area contributed by atoms with Gasteiger partial charge in [0.25, 0.3) is 0 Å². The minimum Gasteiger partial charge on any atom is -0.273 e. The van der Waals surface area contributed by atoms with Crippen LogP contribution >= 0.6 is 0 Å². The lowest BCUT2D eigenvalue weighted by Gasteiger charge is -2.14. The molecule has 1 radical (unpaired) electrons. The average molecular weight is 398 g/mol. The fraction of sp³-hybridized carbons (Fsp3) is 0.833. The SMILES string of the molecule is CCCCCCCCC#CCCCCCC([N+](=O)[O-])C([C]=O)([N+](=O)[O-])[N+](=O)[O-]. The summed E-state index contributed by atoms with van der Waals surface area (Å²) in [6, 6.07) is -2.26. The lowest BCUT2D eigenvalue weighted by atomic mass is 9.97. The van der Waals surface area contributed by atoms with Crippen molar-refractivity contribution >= 4 is 6.29 Å². The van der Waals surface area contributed by atoms with E-state index in [2.05, 4.69) is 18.8 Å². The van der Waals surface area contributed by atoms with Gasteiger partial charge in [0, 0.05) is 24.2 Å². The third-order valence-electron chi connectivity index (χ3n) is 4.49. The molecule has 0 fully saturated rings. The summed E-state index contributed by atoms with van der Waals surface area (Å²) in [5.41, 5.74) is -3.57. The highest BCUT2D eigenvalue weighted by Crippen LogP contribution is 2.22. The van der Waals surface area contributed by atoms with Gasteiger partial charge in [0.1, 0.15) is 9.85 Å². The molecular formula is C18H28N3O7. The molecule has 0 heterocycles. The van der Waals surface area contributed by atoms with Crippen LogP contribution in [0.2, 0.25) is 0 Å². The normalized spacial score (nSPS) is 11.9. The summed E-state index contributed by atoms with van der Waals surface area (Å²) in [5, 5.41) is 33.0. The van der Waals surface area contributed by atoms with E-state index in [0.29, 0.717) is 25.5 Å². The lowest BCUT2D eigenvalue weighted by molar-refractivity contribution is -0.810. The van der Waals surface area contributed by atoms with E-state index in [4.69, 9.17) is 0 Å². The van der Waals surface area contributed by atoms with Gasteiger partial charge in [0.15, 0.2) is 0 Å². The zero-order valence-corrected chi connectivity index (χ0v) is 16.3. The van der Waals surface area contributed by atoms with Gasteiger partial charge in [-0.3, -0.25) is 35.1 Å². The number of hydrogen-bond acceptors (Lipinski definition) is 7. The lowest BCUT2D eigenvalue weighted by Crippen LogP contribution is -2.59. The monoisotopic (exact) mass is 398 g/mol. The minimum absolute atomic E-state index is 0.149. The van der Waals surface area contributed by atoms with Crippen molar-refractivity contribution in [1.82, 2.24) is 0 Å². The van der Waals surface area contributed by atoms with Crippen LogP contribution in [0.25, 0.3) is 0 Å². The molecule has 0 bridgehead atoms. The topological polar surface area (TPSA) is 146 Å². The van der Waals surface area contributed by atoms with Crippen molar-refractivity contribution in [1.29, 1.82) is 0 Å². The molecule has 0 spiro atoms. The molecule has 10 nitrogen and oxygen atoms in total. The molecule has 0 aromatic rings. The maximum absolute atomic E-state index is 11.1. The summed E-state index contributed by atoms with van der Waals surface area (Å²) >= 11 is 0. The minimum atomic E-state index is -3.57. The third kappa shape index (κ3) is 8.41. The van der Waals surface area contributed by atoms with Crippen molar-refractivity contribution < 1.29 is 19.6 Å². The Kier molecular flexibility index (Phi) is 13.2. The number of unbranched alkanes of at least 4 members (excludes halogenated alkanes) is 9. The van der Waals surface area contributed by atoms with Gasteiger partial charge in [0.05, 0.1) is 0 Å². The van der Waals surface area contributed by atoms with Crippen LogP contribution in [-0.4, -0.2) is 32.8 Å². The first-order valence-electron chi connectivity index (χ1n) is 9.62. The maximum atomic E-state index is 11.1. The summed E-state index contributed by atoms with van der Waals surface area (Å²) in [5.74, 6) is 6.08. The van der Waals surface area contributed by atoms with E-state index < -0.39 is 32.9 Å². The highest BCUT2D eigenvalue weighted by Gasteiger charge is 2.71. The van der Waals surface area contributed by atoms with Crippen molar-refractivity contribution in [2.75, 3.05) is 0 Å². The van der Waals surface area contributed by atoms with E-state index in [0.717, 1.165) is 12.8 Å². The fourth-order valence-electron chi connectivity index (χ4n) is 2.80. The first-order chi connectivity index (χ1) is 13.3. The Morgan fingerprint density at radius 2 is 1.25 bits per heavy atom. The molecule has 0 aliphatic rings. The Labute approximate surface area is 164 Å². The molecule has 0 rings (SSSR count). The molecule has 0 aromatic carbocycles. The Morgan fingerprint density at radius 1 is 0.786 bits per heavy atom. The smallest absolute Gasteiger partial charge is 0.273 e. The fourth-order valence-corrected chi connectivity index (χ4v) is 2.80. The highest BCUT2D eigenvalue weighted by atomic mass is 16.7. The summed E-state index contributed by atoms with van der Waals surface area (Å²) in [4.78, 5) is 39.6. The first-order valence-corrected chi connectivity index (χ1v) is 9.62. The highest BCUT2D eigenvalue weighted by molar-refractivity contribution is 5.61. The Bertz CT molecular complexity index is 569. The van der Waals surface area contributed by atoms with Crippen molar-refractivity contribution in [2.24, 2.45) is 0 Å². The quantitative estimate of drug-likeness (QED) is 0.127. The van der Waals surface area contributed by atoms with Gasteiger partial charge in [-0.1, -0.05) is 45.4 Å². The second kappa shape index (κ2) is 14.5. The summed E-state index contributed by atoms with van der Waals surface area (Å²) in [6.45, 7) is 2.17. The Hall–Kier alpha value is -2.57. The van der Waals surface area contributed by atoms with Gasteiger partial charge in [0.2, 0.25) is 0 Å². The molecule has 0 aliphatic heterocycles. The van der Waals surface area contributed by atoms with Crippen molar-refractivity contribution in [3.8, 4) is 11.8 Å². The Morgan fingerprint density at radius 3 is 1.68 bits per heavy atom. The molecule has 0 saturated carbocycles. The second-order valence-corrected chi connectivity index (χ2v) is 6.61. The molecule has 0 aliphatic carbocycles. The van der Waals surface area contributed by atoms with E-state index in [1.807, 2.05) is 0 Å². The molecule has 1 unspecified atom stereocenters. The zero-order chi connectivity index (χ0) is 21.4. The molecule has 28 heavy (non-hydrogen) atoms. The molecule has 0 saturated heterocycles. The third-order valence-corrected chi connectivity index (χ3v) is 4.49. The molecule has 1 atom stereocenters. The van der Waals surface area contributed by atoms with E-state index >= 15 is 0 Å². The predicted octanol–water partition coefficient (Wildman–Crippen LogP) is 3.70. The molecule has 0 N–H and O–H groups in total. The number of rotatable bonds is 16.